The molecule has 4 atom stereocenters. The molecule has 0 spiro atoms. The highest BCUT2D eigenvalue weighted by Gasteiger charge is 2.46. The normalized spacial score (nSPS) is 20.8. The monoisotopic (exact) mass is 565 g/mol. The smallest absolute Gasteiger partial charge is 0.335 e. The molecule has 216 valence electrons. The van der Waals surface area contributed by atoms with E-state index >= 15 is 0 Å². The predicted octanol–water partition coefficient (Wildman–Crippen LogP) is 4.35. The summed E-state index contributed by atoms with van der Waals surface area (Å²) in [6.45, 7) is 0.210. The molecule has 4 aromatic carbocycles. The minimum absolute atomic E-state index is 0.0483. The van der Waals surface area contributed by atoms with E-state index in [2.05, 4.69) is 0 Å². The molecule has 0 unspecified atom stereocenters. The van der Waals surface area contributed by atoms with Crippen LogP contribution in [0.5, 0.6) is 0 Å². The number of aliphatic hydroxyl groups is 2. The topological polar surface area (TPSA) is 127 Å². The van der Waals surface area contributed by atoms with Crippen LogP contribution in [0.1, 0.15) is 32.6 Å². The maximum absolute atomic E-state index is 14.6. The van der Waals surface area contributed by atoms with Crippen LogP contribution in [0, 0.1) is 0 Å². The zero-order chi connectivity index (χ0) is 29.6. The number of benzene rings is 4. The minimum atomic E-state index is -1.28. The third kappa shape index (κ3) is 6.62. The second-order valence-corrected chi connectivity index (χ2v) is 10.8. The van der Waals surface area contributed by atoms with Gasteiger partial charge in [-0.1, -0.05) is 84.9 Å². The summed E-state index contributed by atoms with van der Waals surface area (Å²) in [5.74, 6) is -1.07. The Kier molecular flexibility index (Phi) is 8.85. The quantitative estimate of drug-likeness (QED) is 0.224. The Balaban J connectivity index is 1.60. The van der Waals surface area contributed by atoms with Crippen molar-refractivity contribution in [2.45, 2.75) is 50.2 Å². The zero-order valence-electron chi connectivity index (χ0n) is 23.2. The van der Waals surface area contributed by atoms with Crippen LogP contribution in [0.15, 0.2) is 109 Å². The van der Waals surface area contributed by atoms with Gasteiger partial charge in [-0.25, -0.2) is 9.59 Å². The fourth-order valence-corrected chi connectivity index (χ4v) is 5.70. The lowest BCUT2D eigenvalue weighted by Gasteiger charge is -2.36. The summed E-state index contributed by atoms with van der Waals surface area (Å²) >= 11 is 0. The number of nitrogens with two attached hydrogens (primary N) is 1. The van der Waals surface area contributed by atoms with Gasteiger partial charge in [0.05, 0.1) is 17.6 Å². The van der Waals surface area contributed by atoms with E-state index < -0.39 is 30.3 Å². The SMILES string of the molecule is Nc1cccc(CN2C(=O)N(Cc3cccc(C(=O)O)c3)[C@H](Cc3ccccc3)[C@H](O)[C@@H](O)[C@H]2Cc2ccccc2)c1. The lowest BCUT2D eigenvalue weighted by atomic mass is 9.91. The van der Waals surface area contributed by atoms with Crippen LogP contribution in [-0.4, -0.2) is 61.4 Å². The Hall–Kier alpha value is -4.66. The number of hydrogen-bond acceptors (Lipinski definition) is 5. The van der Waals surface area contributed by atoms with Crippen molar-refractivity contribution in [2.75, 3.05) is 5.73 Å². The number of nitrogen functional groups attached to an aromatic ring is 1. The van der Waals surface area contributed by atoms with Crippen molar-refractivity contribution < 1.29 is 24.9 Å². The zero-order valence-corrected chi connectivity index (χ0v) is 23.2. The van der Waals surface area contributed by atoms with E-state index in [0.29, 0.717) is 24.1 Å². The lowest BCUT2D eigenvalue weighted by molar-refractivity contribution is -0.0408. The predicted molar refractivity (Wildman–Crippen MR) is 161 cm³/mol. The summed E-state index contributed by atoms with van der Waals surface area (Å²) < 4.78 is 0. The van der Waals surface area contributed by atoms with Gasteiger partial charge < -0.3 is 30.9 Å². The van der Waals surface area contributed by atoms with Gasteiger partial charge in [0, 0.05) is 18.8 Å². The van der Waals surface area contributed by atoms with Gasteiger partial charge in [0.2, 0.25) is 0 Å². The van der Waals surface area contributed by atoms with Crippen molar-refractivity contribution in [2.24, 2.45) is 0 Å². The molecular weight excluding hydrogens is 530 g/mol. The third-order valence-corrected chi connectivity index (χ3v) is 7.84. The second-order valence-electron chi connectivity index (χ2n) is 10.8. The lowest BCUT2D eigenvalue weighted by Crippen LogP contribution is -2.50. The Labute approximate surface area is 245 Å². The van der Waals surface area contributed by atoms with Gasteiger partial charge in [0.25, 0.3) is 0 Å². The van der Waals surface area contributed by atoms with Crippen LogP contribution < -0.4 is 5.73 Å². The summed E-state index contributed by atoms with van der Waals surface area (Å²) in [5, 5.41) is 33.1. The number of aromatic carboxylic acids is 1. The number of carbonyl (C=O) groups excluding carboxylic acids is 1. The molecule has 1 heterocycles. The van der Waals surface area contributed by atoms with Crippen molar-refractivity contribution in [3.8, 4) is 0 Å². The largest absolute Gasteiger partial charge is 0.478 e. The van der Waals surface area contributed by atoms with Gasteiger partial charge in [-0.2, -0.15) is 0 Å². The van der Waals surface area contributed by atoms with Crippen LogP contribution in [0.3, 0.4) is 0 Å². The first-order valence-corrected chi connectivity index (χ1v) is 14.0. The first-order chi connectivity index (χ1) is 20.3. The maximum Gasteiger partial charge on any atom is 0.335 e. The molecule has 42 heavy (non-hydrogen) atoms. The van der Waals surface area contributed by atoms with E-state index in [0.717, 1.165) is 16.7 Å². The molecule has 2 amide bonds. The molecule has 0 aliphatic carbocycles. The molecule has 8 nitrogen and oxygen atoms in total. The average molecular weight is 566 g/mol. The number of carboxylic acids is 1. The summed E-state index contributed by atoms with van der Waals surface area (Å²) in [6.07, 6.45) is -1.92. The van der Waals surface area contributed by atoms with Gasteiger partial charge in [-0.15, -0.1) is 0 Å². The molecule has 5 rings (SSSR count). The highest BCUT2D eigenvalue weighted by atomic mass is 16.4. The van der Waals surface area contributed by atoms with E-state index in [1.54, 1.807) is 34.1 Å². The van der Waals surface area contributed by atoms with Crippen molar-refractivity contribution >= 4 is 17.7 Å². The molecule has 0 aromatic heterocycles. The first-order valence-electron chi connectivity index (χ1n) is 14.0. The number of carbonyl (C=O) groups is 2. The van der Waals surface area contributed by atoms with Gasteiger partial charge in [-0.3, -0.25) is 0 Å². The molecule has 4 aromatic rings. The molecule has 1 saturated heterocycles. The molecule has 1 fully saturated rings. The summed E-state index contributed by atoms with van der Waals surface area (Å²) in [6, 6.07) is 30.9. The van der Waals surface area contributed by atoms with E-state index in [-0.39, 0.29) is 24.7 Å². The first kappa shape index (κ1) is 28.9. The average Bonchev–Trinajstić information content (AvgIpc) is 3.06. The number of hydrogen-bond donors (Lipinski definition) is 4. The Morgan fingerprint density at radius 1 is 0.643 bits per heavy atom. The fourth-order valence-electron chi connectivity index (χ4n) is 5.70. The standard InChI is InChI=1S/C34H35N3O5/c35-28-16-8-14-26(18-28)22-37-30(20-24-11-5-2-6-12-24)32(39)31(38)29(19-23-9-3-1-4-10-23)36(34(37)42)21-25-13-7-15-27(17-25)33(40)41/h1-18,29-32,38-39H,19-22,35H2,(H,40,41)/t29-,30-,31+,32+/m1/s1. The van der Waals surface area contributed by atoms with Gasteiger partial charge in [0.15, 0.2) is 0 Å². The number of urea groups is 1. The van der Waals surface area contributed by atoms with E-state index in [4.69, 9.17) is 5.73 Å². The van der Waals surface area contributed by atoms with Crippen LogP contribution in [0.25, 0.3) is 0 Å². The molecule has 1 aliphatic rings. The number of aliphatic hydroxyl groups excluding tert-OH is 2. The molecule has 0 saturated carbocycles. The number of carboxylic acid groups (broad SMARTS) is 1. The second kappa shape index (κ2) is 12.9. The van der Waals surface area contributed by atoms with E-state index in [9.17, 15) is 24.9 Å². The fraction of sp³-hybridized carbons (Fsp3) is 0.235. The van der Waals surface area contributed by atoms with Crippen molar-refractivity contribution in [3.63, 3.8) is 0 Å². The summed E-state index contributed by atoms with van der Waals surface area (Å²) in [5.41, 5.74) is 9.93. The van der Waals surface area contributed by atoms with Crippen LogP contribution in [-0.2, 0) is 25.9 Å². The molecule has 5 N–H and O–H groups in total. The minimum Gasteiger partial charge on any atom is -0.478 e. The highest BCUT2D eigenvalue weighted by Crippen LogP contribution is 2.30. The van der Waals surface area contributed by atoms with Gasteiger partial charge >= 0.3 is 12.0 Å². The van der Waals surface area contributed by atoms with Crippen LogP contribution >= 0.6 is 0 Å². The number of anilines is 1. The van der Waals surface area contributed by atoms with Crippen LogP contribution in [0.4, 0.5) is 10.5 Å². The Morgan fingerprint density at radius 3 is 1.57 bits per heavy atom. The van der Waals surface area contributed by atoms with E-state index in [1.165, 1.54) is 12.1 Å². The van der Waals surface area contributed by atoms with E-state index in [1.807, 2.05) is 72.8 Å². The van der Waals surface area contributed by atoms with Crippen LogP contribution in [0.2, 0.25) is 0 Å². The molecule has 1 aliphatic heterocycles. The van der Waals surface area contributed by atoms with Crippen molar-refractivity contribution in [1.82, 2.24) is 9.80 Å². The molecule has 0 radical (unpaired) electrons. The maximum atomic E-state index is 14.6. The summed E-state index contributed by atoms with van der Waals surface area (Å²) in [4.78, 5) is 29.5. The Morgan fingerprint density at radius 2 is 1.10 bits per heavy atom. The highest BCUT2D eigenvalue weighted by molar-refractivity contribution is 5.87. The molecule has 0 bridgehead atoms. The number of rotatable bonds is 9. The number of amides is 2. The summed E-state index contributed by atoms with van der Waals surface area (Å²) in [7, 11) is 0. The van der Waals surface area contributed by atoms with Gasteiger partial charge in [-0.05, 0) is 59.4 Å². The van der Waals surface area contributed by atoms with Crippen molar-refractivity contribution in [1.29, 1.82) is 0 Å². The van der Waals surface area contributed by atoms with Crippen molar-refractivity contribution in [3.05, 3.63) is 137 Å². The third-order valence-electron chi connectivity index (χ3n) is 7.84. The Bertz CT molecular complexity index is 1510. The number of nitrogens with zero attached hydrogens (tertiary/aromatic N) is 2. The molecule has 8 heteroatoms. The van der Waals surface area contributed by atoms with Gasteiger partial charge in [0.1, 0.15) is 12.2 Å². The molecular formula is C34H35N3O5.